The molecule has 1 aliphatic heterocycles. The van der Waals surface area contributed by atoms with Crippen LogP contribution in [0.25, 0.3) is 0 Å². The van der Waals surface area contributed by atoms with Crippen molar-refractivity contribution in [3.63, 3.8) is 0 Å². The minimum atomic E-state index is -0.667. The van der Waals surface area contributed by atoms with Gasteiger partial charge in [-0.05, 0) is 44.4 Å². The van der Waals surface area contributed by atoms with E-state index < -0.39 is 6.10 Å². The molecule has 1 amide bonds. The summed E-state index contributed by atoms with van der Waals surface area (Å²) >= 11 is 0. The molecule has 0 aromatic heterocycles. The minimum Gasteiger partial charge on any atom is -0.448 e. The number of carbonyl (C=O) groups excluding carboxylic acids is 2. The van der Waals surface area contributed by atoms with Gasteiger partial charge in [0.25, 0.3) is 5.91 Å². The minimum absolute atomic E-state index is 0.0236. The fourth-order valence-corrected chi connectivity index (χ4v) is 3.48. The maximum atomic E-state index is 13.0. The van der Waals surface area contributed by atoms with Crippen molar-refractivity contribution in [1.82, 2.24) is 9.80 Å². The monoisotopic (exact) mass is 328 g/mol. The Morgan fingerprint density at radius 3 is 2.54 bits per heavy atom. The Morgan fingerprint density at radius 1 is 1.12 bits per heavy atom. The van der Waals surface area contributed by atoms with Gasteiger partial charge >= 0.3 is 5.97 Å². The van der Waals surface area contributed by atoms with Crippen LogP contribution in [-0.2, 0) is 16.0 Å². The fourth-order valence-electron chi connectivity index (χ4n) is 3.48. The number of ether oxygens (including phenoxy) is 1. The molecule has 4 rings (SSSR count). The topological polar surface area (TPSA) is 49.9 Å². The molecule has 2 aliphatic carbocycles. The highest BCUT2D eigenvalue weighted by Gasteiger charge is 2.40. The number of amides is 1. The quantitative estimate of drug-likeness (QED) is 0.748. The van der Waals surface area contributed by atoms with Crippen molar-refractivity contribution < 1.29 is 14.3 Å². The highest BCUT2D eigenvalue weighted by atomic mass is 16.5. The molecule has 5 nitrogen and oxygen atoms in total. The molecule has 128 valence electrons. The summed E-state index contributed by atoms with van der Waals surface area (Å²) in [6, 6.07) is 8.44. The molecule has 1 aromatic rings. The lowest BCUT2D eigenvalue weighted by Crippen LogP contribution is -2.47. The van der Waals surface area contributed by atoms with Crippen molar-refractivity contribution in [2.24, 2.45) is 0 Å². The van der Waals surface area contributed by atoms with Crippen LogP contribution in [0, 0.1) is 0 Å². The van der Waals surface area contributed by atoms with Crippen LogP contribution >= 0.6 is 0 Å². The van der Waals surface area contributed by atoms with Crippen LogP contribution in [0.2, 0.25) is 0 Å². The second-order valence-electron chi connectivity index (χ2n) is 7.23. The van der Waals surface area contributed by atoms with Gasteiger partial charge in [-0.3, -0.25) is 4.79 Å². The first kappa shape index (κ1) is 15.6. The van der Waals surface area contributed by atoms with Crippen molar-refractivity contribution in [1.29, 1.82) is 0 Å². The van der Waals surface area contributed by atoms with Gasteiger partial charge in [-0.1, -0.05) is 18.2 Å². The zero-order chi connectivity index (χ0) is 16.7. The number of rotatable bonds is 6. The number of fused-ring (bicyclic) bond motifs is 1. The van der Waals surface area contributed by atoms with E-state index in [1.165, 1.54) is 12.8 Å². The van der Waals surface area contributed by atoms with Crippen molar-refractivity contribution in [2.75, 3.05) is 20.1 Å². The SMILES string of the molecule is CN(CCN(C(=O)C1Cc2ccccc2C(=O)O1)C1CC1)C1CC1. The highest BCUT2D eigenvalue weighted by molar-refractivity contribution is 5.95. The highest BCUT2D eigenvalue weighted by Crippen LogP contribution is 2.30. The Kier molecular flexibility index (Phi) is 4.04. The number of esters is 1. The number of hydrogen-bond acceptors (Lipinski definition) is 4. The van der Waals surface area contributed by atoms with E-state index in [9.17, 15) is 9.59 Å². The molecular weight excluding hydrogens is 304 g/mol. The van der Waals surface area contributed by atoms with Crippen molar-refractivity contribution in [3.8, 4) is 0 Å². The molecule has 1 atom stereocenters. The number of likely N-dealkylation sites (N-methyl/N-ethyl adjacent to an activating group) is 1. The number of nitrogens with zero attached hydrogens (tertiary/aromatic N) is 2. The molecular formula is C19H24N2O3. The third kappa shape index (κ3) is 3.18. The molecule has 0 spiro atoms. The van der Waals surface area contributed by atoms with Gasteiger partial charge in [0.1, 0.15) is 0 Å². The second kappa shape index (κ2) is 6.20. The number of benzene rings is 1. The smallest absolute Gasteiger partial charge is 0.339 e. The number of hydrogen-bond donors (Lipinski definition) is 0. The summed E-state index contributed by atoms with van der Waals surface area (Å²) in [5.74, 6) is -0.398. The van der Waals surface area contributed by atoms with E-state index in [0.717, 1.165) is 31.5 Å². The van der Waals surface area contributed by atoms with Crippen LogP contribution in [0.4, 0.5) is 0 Å². The molecule has 2 fully saturated rings. The Hall–Kier alpha value is -1.88. The predicted octanol–water partition coefficient (Wildman–Crippen LogP) is 1.85. The van der Waals surface area contributed by atoms with E-state index in [1.54, 1.807) is 6.07 Å². The van der Waals surface area contributed by atoms with E-state index in [-0.39, 0.29) is 11.9 Å². The molecule has 0 N–H and O–H groups in total. The summed E-state index contributed by atoms with van der Waals surface area (Å²) in [4.78, 5) is 29.4. The average molecular weight is 328 g/mol. The fraction of sp³-hybridized carbons (Fsp3) is 0.579. The van der Waals surface area contributed by atoms with Crippen LogP contribution in [0.1, 0.15) is 41.6 Å². The molecule has 2 saturated carbocycles. The van der Waals surface area contributed by atoms with Crippen molar-refractivity contribution in [2.45, 2.75) is 50.3 Å². The Labute approximate surface area is 142 Å². The lowest BCUT2D eigenvalue weighted by molar-refractivity contribution is -0.142. The molecule has 0 radical (unpaired) electrons. The van der Waals surface area contributed by atoms with Crippen molar-refractivity contribution >= 4 is 11.9 Å². The summed E-state index contributed by atoms with van der Waals surface area (Å²) in [5.41, 5.74) is 1.51. The molecule has 5 heteroatoms. The van der Waals surface area contributed by atoms with E-state index >= 15 is 0 Å². The molecule has 24 heavy (non-hydrogen) atoms. The Morgan fingerprint density at radius 2 is 1.83 bits per heavy atom. The lowest BCUT2D eigenvalue weighted by Gasteiger charge is -2.31. The van der Waals surface area contributed by atoms with E-state index in [4.69, 9.17) is 4.74 Å². The van der Waals surface area contributed by atoms with Gasteiger partial charge in [-0.15, -0.1) is 0 Å². The Bertz CT molecular complexity index is 652. The summed E-state index contributed by atoms with van der Waals surface area (Å²) in [6.45, 7) is 1.62. The Balaban J connectivity index is 1.44. The van der Waals surface area contributed by atoms with E-state index in [1.807, 2.05) is 23.1 Å². The molecule has 1 heterocycles. The zero-order valence-corrected chi connectivity index (χ0v) is 14.1. The average Bonchev–Trinajstić information content (AvgIpc) is 3.47. The zero-order valence-electron chi connectivity index (χ0n) is 14.1. The van der Waals surface area contributed by atoms with Crippen LogP contribution in [0.5, 0.6) is 0 Å². The van der Waals surface area contributed by atoms with E-state index in [2.05, 4.69) is 11.9 Å². The number of cyclic esters (lactones) is 1. The normalized spacial score (nSPS) is 22.9. The first-order valence-corrected chi connectivity index (χ1v) is 8.93. The third-order valence-electron chi connectivity index (χ3n) is 5.30. The molecule has 1 unspecified atom stereocenters. The molecule has 0 bridgehead atoms. The summed E-state index contributed by atoms with van der Waals surface area (Å²) in [7, 11) is 2.13. The summed E-state index contributed by atoms with van der Waals surface area (Å²) in [6.07, 6.45) is 4.49. The lowest BCUT2D eigenvalue weighted by atomic mass is 9.98. The van der Waals surface area contributed by atoms with Gasteiger partial charge < -0.3 is 14.5 Å². The first-order chi connectivity index (χ1) is 11.6. The maximum absolute atomic E-state index is 13.0. The van der Waals surface area contributed by atoms with Gasteiger partial charge in [0.05, 0.1) is 5.56 Å². The van der Waals surface area contributed by atoms with Crippen molar-refractivity contribution in [3.05, 3.63) is 35.4 Å². The van der Waals surface area contributed by atoms with Crippen LogP contribution < -0.4 is 0 Å². The van der Waals surface area contributed by atoms with Crippen LogP contribution in [0.3, 0.4) is 0 Å². The maximum Gasteiger partial charge on any atom is 0.339 e. The van der Waals surface area contributed by atoms with Gasteiger partial charge in [0.15, 0.2) is 6.10 Å². The molecule has 1 aromatic carbocycles. The van der Waals surface area contributed by atoms with Crippen LogP contribution in [-0.4, -0.2) is 60.0 Å². The van der Waals surface area contributed by atoms with Gasteiger partial charge in [-0.25, -0.2) is 4.79 Å². The van der Waals surface area contributed by atoms with Gasteiger partial charge in [0, 0.05) is 31.6 Å². The summed E-state index contributed by atoms with van der Waals surface area (Å²) < 4.78 is 5.46. The molecule has 0 saturated heterocycles. The van der Waals surface area contributed by atoms with E-state index in [0.29, 0.717) is 24.1 Å². The first-order valence-electron chi connectivity index (χ1n) is 8.93. The van der Waals surface area contributed by atoms with Crippen LogP contribution in [0.15, 0.2) is 24.3 Å². The van der Waals surface area contributed by atoms with Gasteiger partial charge in [0.2, 0.25) is 0 Å². The second-order valence-corrected chi connectivity index (χ2v) is 7.23. The largest absolute Gasteiger partial charge is 0.448 e. The van der Waals surface area contributed by atoms with Gasteiger partial charge in [-0.2, -0.15) is 0 Å². The third-order valence-corrected chi connectivity index (χ3v) is 5.30. The standard InChI is InChI=1S/C19H24N2O3/c1-20(14-6-7-14)10-11-21(15-8-9-15)18(22)17-12-13-4-2-3-5-16(13)19(23)24-17/h2-5,14-15,17H,6-12H2,1H3. The molecule has 3 aliphatic rings. The summed E-state index contributed by atoms with van der Waals surface area (Å²) in [5, 5.41) is 0. The predicted molar refractivity (Wildman–Crippen MR) is 89.7 cm³/mol. The number of carbonyl (C=O) groups is 2.